The highest BCUT2D eigenvalue weighted by Crippen LogP contribution is 1.90. The zero-order valence-corrected chi connectivity index (χ0v) is 6.92. The van der Waals surface area contributed by atoms with Crippen LogP contribution in [0.2, 0.25) is 0 Å². The van der Waals surface area contributed by atoms with Crippen molar-refractivity contribution in [3.8, 4) is 0 Å². The van der Waals surface area contributed by atoms with Crippen LogP contribution in [0.5, 0.6) is 0 Å². The molecule has 3 nitrogen and oxygen atoms in total. The van der Waals surface area contributed by atoms with E-state index in [-0.39, 0.29) is 18.8 Å². The van der Waals surface area contributed by atoms with Crippen molar-refractivity contribution in [3.63, 3.8) is 0 Å². The number of ether oxygens (including phenoxy) is 1. The van der Waals surface area contributed by atoms with Crippen molar-refractivity contribution in [3.05, 3.63) is 0 Å². The maximum atomic E-state index is 8.70. The lowest BCUT2D eigenvalue weighted by Crippen LogP contribution is -2.34. The van der Waals surface area contributed by atoms with Crippen molar-refractivity contribution < 1.29 is 9.84 Å². The Bertz CT molecular complexity index is 72.0. The summed E-state index contributed by atoms with van der Waals surface area (Å²) in [7, 11) is 1.81. The van der Waals surface area contributed by atoms with E-state index >= 15 is 0 Å². The van der Waals surface area contributed by atoms with Crippen molar-refractivity contribution in [2.24, 2.45) is 0 Å². The van der Waals surface area contributed by atoms with Crippen molar-refractivity contribution in [2.45, 2.75) is 26.0 Å². The van der Waals surface area contributed by atoms with Crippen molar-refractivity contribution in [2.75, 3.05) is 20.3 Å². The average molecular weight is 147 g/mol. The standard InChI is InChI=1S/C7H17NO2/c1-6(2)10-5-7(4-9)8-3/h6-9H,4-5H2,1-3H3. The molecule has 0 aromatic carbocycles. The first-order valence-electron chi connectivity index (χ1n) is 3.60. The first-order valence-corrected chi connectivity index (χ1v) is 3.60. The van der Waals surface area contributed by atoms with Gasteiger partial charge < -0.3 is 15.2 Å². The summed E-state index contributed by atoms with van der Waals surface area (Å²) in [5.74, 6) is 0. The molecule has 0 fully saturated rings. The SMILES string of the molecule is CNC(CO)COC(C)C. The average Bonchev–Trinajstić information content (AvgIpc) is 1.90. The highest BCUT2D eigenvalue weighted by Gasteiger charge is 2.03. The second kappa shape index (κ2) is 5.65. The topological polar surface area (TPSA) is 41.5 Å². The van der Waals surface area contributed by atoms with Crippen LogP contribution in [0.1, 0.15) is 13.8 Å². The molecule has 0 aromatic heterocycles. The van der Waals surface area contributed by atoms with Gasteiger partial charge in [-0.1, -0.05) is 0 Å². The quantitative estimate of drug-likeness (QED) is 0.575. The predicted octanol–water partition coefficient (Wildman–Crippen LogP) is -0.00830. The lowest BCUT2D eigenvalue weighted by Gasteiger charge is -2.14. The maximum absolute atomic E-state index is 8.70. The third-order valence-corrected chi connectivity index (χ3v) is 1.26. The summed E-state index contributed by atoms with van der Waals surface area (Å²) in [5, 5.41) is 11.6. The van der Waals surface area contributed by atoms with Crippen LogP contribution in [-0.4, -0.2) is 37.5 Å². The Kier molecular flexibility index (Phi) is 5.58. The zero-order chi connectivity index (χ0) is 7.98. The number of aliphatic hydroxyl groups excluding tert-OH is 1. The van der Waals surface area contributed by atoms with E-state index in [0.717, 1.165) is 0 Å². The van der Waals surface area contributed by atoms with E-state index in [1.165, 1.54) is 0 Å². The van der Waals surface area contributed by atoms with E-state index in [2.05, 4.69) is 5.32 Å². The molecule has 0 rings (SSSR count). The monoisotopic (exact) mass is 147 g/mol. The molecule has 10 heavy (non-hydrogen) atoms. The van der Waals surface area contributed by atoms with Crippen LogP contribution in [0.4, 0.5) is 0 Å². The van der Waals surface area contributed by atoms with Crippen LogP contribution in [0.15, 0.2) is 0 Å². The molecular formula is C7H17NO2. The Hall–Kier alpha value is -0.120. The van der Waals surface area contributed by atoms with Gasteiger partial charge in [-0.3, -0.25) is 0 Å². The lowest BCUT2D eigenvalue weighted by atomic mass is 10.3. The van der Waals surface area contributed by atoms with Crippen molar-refractivity contribution in [1.29, 1.82) is 0 Å². The molecule has 0 aliphatic heterocycles. The summed E-state index contributed by atoms with van der Waals surface area (Å²) >= 11 is 0. The third kappa shape index (κ3) is 4.73. The Labute approximate surface area is 62.4 Å². The van der Waals surface area contributed by atoms with E-state index in [0.29, 0.717) is 6.61 Å². The van der Waals surface area contributed by atoms with Gasteiger partial charge in [-0.05, 0) is 20.9 Å². The van der Waals surface area contributed by atoms with Gasteiger partial charge in [0.2, 0.25) is 0 Å². The summed E-state index contributed by atoms with van der Waals surface area (Å²) in [6.45, 7) is 4.65. The van der Waals surface area contributed by atoms with Gasteiger partial charge in [0.05, 0.1) is 25.4 Å². The van der Waals surface area contributed by atoms with Crippen LogP contribution in [0.3, 0.4) is 0 Å². The lowest BCUT2D eigenvalue weighted by molar-refractivity contribution is 0.0491. The number of likely N-dealkylation sites (N-methyl/N-ethyl adjacent to an activating group) is 1. The smallest absolute Gasteiger partial charge is 0.0645 e. The molecule has 3 heteroatoms. The molecule has 0 aliphatic carbocycles. The summed E-state index contributed by atoms with van der Waals surface area (Å²) in [4.78, 5) is 0. The molecule has 0 saturated heterocycles. The van der Waals surface area contributed by atoms with Crippen molar-refractivity contribution in [1.82, 2.24) is 5.32 Å². The van der Waals surface area contributed by atoms with Crippen LogP contribution in [0, 0.1) is 0 Å². The summed E-state index contributed by atoms with van der Waals surface area (Å²) in [5.41, 5.74) is 0. The van der Waals surface area contributed by atoms with Gasteiger partial charge in [-0.2, -0.15) is 0 Å². The Morgan fingerprint density at radius 3 is 2.40 bits per heavy atom. The molecule has 0 amide bonds. The summed E-state index contributed by atoms with van der Waals surface area (Å²) in [6, 6.07) is 0.0717. The first kappa shape index (κ1) is 9.88. The minimum Gasteiger partial charge on any atom is -0.395 e. The molecule has 62 valence electrons. The summed E-state index contributed by atoms with van der Waals surface area (Å²) < 4.78 is 5.26. The Morgan fingerprint density at radius 1 is 1.50 bits per heavy atom. The number of rotatable bonds is 5. The molecule has 1 unspecified atom stereocenters. The zero-order valence-electron chi connectivity index (χ0n) is 6.92. The molecule has 0 aromatic rings. The fourth-order valence-electron chi connectivity index (χ4n) is 0.536. The molecule has 1 atom stereocenters. The highest BCUT2D eigenvalue weighted by molar-refractivity contribution is 4.60. The van der Waals surface area contributed by atoms with E-state index < -0.39 is 0 Å². The molecule has 0 spiro atoms. The van der Waals surface area contributed by atoms with Gasteiger partial charge >= 0.3 is 0 Å². The van der Waals surface area contributed by atoms with Gasteiger partial charge in [-0.25, -0.2) is 0 Å². The molecule has 0 radical (unpaired) electrons. The predicted molar refractivity (Wildman–Crippen MR) is 41.0 cm³/mol. The number of hydrogen-bond acceptors (Lipinski definition) is 3. The van der Waals surface area contributed by atoms with Crippen LogP contribution in [0.25, 0.3) is 0 Å². The number of aliphatic hydroxyl groups is 1. The van der Waals surface area contributed by atoms with E-state index in [4.69, 9.17) is 9.84 Å². The first-order chi connectivity index (χ1) is 4.70. The van der Waals surface area contributed by atoms with E-state index in [1.807, 2.05) is 20.9 Å². The van der Waals surface area contributed by atoms with Gasteiger partial charge in [0.15, 0.2) is 0 Å². The van der Waals surface area contributed by atoms with Gasteiger partial charge in [0.1, 0.15) is 0 Å². The number of nitrogens with one attached hydrogen (secondary N) is 1. The molecule has 2 N–H and O–H groups in total. The highest BCUT2D eigenvalue weighted by atomic mass is 16.5. The fraction of sp³-hybridized carbons (Fsp3) is 1.00. The van der Waals surface area contributed by atoms with E-state index in [9.17, 15) is 0 Å². The largest absolute Gasteiger partial charge is 0.395 e. The van der Waals surface area contributed by atoms with Crippen LogP contribution in [-0.2, 0) is 4.74 Å². The van der Waals surface area contributed by atoms with Gasteiger partial charge in [0, 0.05) is 0 Å². The second-order valence-corrected chi connectivity index (χ2v) is 2.55. The minimum atomic E-state index is 0.0717. The van der Waals surface area contributed by atoms with Crippen molar-refractivity contribution >= 4 is 0 Å². The maximum Gasteiger partial charge on any atom is 0.0645 e. The molecule has 0 bridgehead atoms. The molecule has 0 aliphatic rings. The molecule has 0 saturated carbocycles. The van der Waals surface area contributed by atoms with Crippen LogP contribution >= 0.6 is 0 Å². The second-order valence-electron chi connectivity index (χ2n) is 2.55. The molecule has 0 heterocycles. The molecular weight excluding hydrogens is 130 g/mol. The Balaban J connectivity index is 3.26. The third-order valence-electron chi connectivity index (χ3n) is 1.26. The minimum absolute atomic E-state index is 0.0717. The summed E-state index contributed by atoms with van der Waals surface area (Å²) in [6.07, 6.45) is 0.238. The Morgan fingerprint density at radius 2 is 2.10 bits per heavy atom. The van der Waals surface area contributed by atoms with E-state index in [1.54, 1.807) is 0 Å². The van der Waals surface area contributed by atoms with Gasteiger partial charge in [-0.15, -0.1) is 0 Å². The fourth-order valence-corrected chi connectivity index (χ4v) is 0.536. The van der Waals surface area contributed by atoms with Gasteiger partial charge in [0.25, 0.3) is 0 Å². The number of hydrogen-bond donors (Lipinski definition) is 2. The van der Waals surface area contributed by atoms with Crippen LogP contribution < -0.4 is 5.32 Å². The normalized spacial score (nSPS) is 14.1.